The van der Waals surface area contributed by atoms with Crippen LogP contribution in [0.25, 0.3) is 0 Å². The van der Waals surface area contributed by atoms with Gasteiger partial charge in [0.05, 0.1) is 6.61 Å². The van der Waals surface area contributed by atoms with Crippen LogP contribution in [0.15, 0.2) is 34.9 Å². The van der Waals surface area contributed by atoms with Crippen LogP contribution < -0.4 is 4.74 Å². The second-order valence-corrected chi connectivity index (χ2v) is 4.27. The lowest BCUT2D eigenvalue weighted by Gasteiger charge is -2.08. The van der Waals surface area contributed by atoms with Gasteiger partial charge in [-0.15, -0.1) is 13.2 Å². The lowest BCUT2D eigenvalue weighted by atomic mass is 10.1. The van der Waals surface area contributed by atoms with Crippen LogP contribution in [0.2, 0.25) is 0 Å². The number of nitrogens with zero attached hydrogens (tertiary/aromatic N) is 1. The number of halogens is 3. The van der Waals surface area contributed by atoms with E-state index in [0.717, 1.165) is 0 Å². The summed E-state index contributed by atoms with van der Waals surface area (Å²) in [4.78, 5) is 11.4. The number of benzene rings is 1. The number of aromatic nitrogens is 1. The van der Waals surface area contributed by atoms with Crippen molar-refractivity contribution in [2.75, 3.05) is 6.61 Å². The third kappa shape index (κ3) is 4.51. The standard InChI is InChI=1S/C14H12F3NO4/c1-2-20-13(19)12-8-11(22-18-12)7-9-3-5-10(6-4-9)21-14(15,16)17/h3-6,8H,2,7H2,1H3. The molecular weight excluding hydrogens is 303 g/mol. The molecular formula is C14H12F3NO4. The van der Waals surface area contributed by atoms with Gasteiger partial charge >= 0.3 is 12.3 Å². The summed E-state index contributed by atoms with van der Waals surface area (Å²) in [6.45, 7) is 1.89. The number of carbonyl (C=O) groups is 1. The molecule has 0 bridgehead atoms. The topological polar surface area (TPSA) is 61.6 Å². The number of alkyl halides is 3. The Labute approximate surface area is 123 Å². The van der Waals surface area contributed by atoms with E-state index in [-0.39, 0.29) is 24.5 Å². The average molecular weight is 315 g/mol. The Balaban J connectivity index is 2.00. The molecule has 118 valence electrons. The molecule has 0 aliphatic rings. The van der Waals surface area contributed by atoms with E-state index in [1.807, 2.05) is 0 Å². The fraction of sp³-hybridized carbons (Fsp3) is 0.286. The molecule has 0 N–H and O–H groups in total. The van der Waals surface area contributed by atoms with Crippen molar-refractivity contribution in [2.45, 2.75) is 19.7 Å². The van der Waals surface area contributed by atoms with Gasteiger partial charge in [0.2, 0.25) is 0 Å². The first-order chi connectivity index (χ1) is 10.4. The molecule has 0 aliphatic heterocycles. The van der Waals surface area contributed by atoms with E-state index in [2.05, 4.69) is 9.89 Å². The molecule has 2 aromatic rings. The second kappa shape index (κ2) is 6.50. The van der Waals surface area contributed by atoms with Crippen LogP contribution in [0.1, 0.15) is 28.7 Å². The van der Waals surface area contributed by atoms with Crippen molar-refractivity contribution in [3.63, 3.8) is 0 Å². The number of esters is 1. The number of hydrogen-bond acceptors (Lipinski definition) is 5. The molecule has 0 aliphatic carbocycles. The van der Waals surface area contributed by atoms with Crippen molar-refractivity contribution in [1.29, 1.82) is 0 Å². The smallest absolute Gasteiger partial charge is 0.461 e. The molecule has 0 radical (unpaired) electrons. The summed E-state index contributed by atoms with van der Waals surface area (Å²) < 4.78 is 49.6. The van der Waals surface area contributed by atoms with Crippen LogP contribution in [-0.2, 0) is 11.2 Å². The Morgan fingerprint density at radius 3 is 2.55 bits per heavy atom. The predicted octanol–water partition coefficient (Wildman–Crippen LogP) is 3.34. The zero-order chi connectivity index (χ0) is 16.2. The van der Waals surface area contributed by atoms with Gasteiger partial charge in [-0.2, -0.15) is 0 Å². The van der Waals surface area contributed by atoms with E-state index in [1.165, 1.54) is 30.3 Å². The van der Waals surface area contributed by atoms with Crippen LogP contribution in [0.4, 0.5) is 13.2 Å². The summed E-state index contributed by atoms with van der Waals surface area (Å²) in [5.74, 6) is -0.500. The molecule has 0 saturated heterocycles. The molecule has 2 rings (SSSR count). The maximum Gasteiger partial charge on any atom is 0.573 e. The highest BCUT2D eigenvalue weighted by Crippen LogP contribution is 2.23. The Hall–Kier alpha value is -2.51. The van der Waals surface area contributed by atoms with Gasteiger partial charge in [0, 0.05) is 12.5 Å². The molecule has 0 fully saturated rings. The van der Waals surface area contributed by atoms with Crippen LogP contribution in [-0.4, -0.2) is 24.1 Å². The molecule has 0 atom stereocenters. The zero-order valence-electron chi connectivity index (χ0n) is 11.5. The lowest BCUT2D eigenvalue weighted by Crippen LogP contribution is -2.17. The molecule has 5 nitrogen and oxygen atoms in total. The molecule has 1 heterocycles. The Bertz CT molecular complexity index is 634. The first-order valence-corrected chi connectivity index (χ1v) is 6.35. The highest BCUT2D eigenvalue weighted by Gasteiger charge is 2.30. The molecule has 22 heavy (non-hydrogen) atoms. The molecule has 0 amide bonds. The van der Waals surface area contributed by atoms with Crippen LogP contribution in [0.3, 0.4) is 0 Å². The minimum Gasteiger partial charge on any atom is -0.461 e. The van der Waals surface area contributed by atoms with Gasteiger partial charge in [0.15, 0.2) is 5.69 Å². The summed E-state index contributed by atoms with van der Waals surface area (Å²) in [5.41, 5.74) is 0.731. The summed E-state index contributed by atoms with van der Waals surface area (Å²) in [5, 5.41) is 3.57. The minimum atomic E-state index is -4.72. The Morgan fingerprint density at radius 1 is 1.27 bits per heavy atom. The van der Waals surface area contributed by atoms with E-state index >= 15 is 0 Å². The molecule has 0 spiro atoms. The molecule has 0 saturated carbocycles. The Kier molecular flexibility index (Phi) is 4.69. The van der Waals surface area contributed by atoms with Crippen molar-refractivity contribution >= 4 is 5.97 Å². The van der Waals surface area contributed by atoms with Crippen LogP contribution in [0.5, 0.6) is 5.75 Å². The van der Waals surface area contributed by atoms with Gasteiger partial charge in [-0.25, -0.2) is 4.79 Å². The third-order valence-electron chi connectivity index (χ3n) is 2.58. The summed E-state index contributed by atoms with van der Waals surface area (Å²) >= 11 is 0. The van der Waals surface area contributed by atoms with E-state index < -0.39 is 12.3 Å². The first kappa shape index (κ1) is 15.9. The van der Waals surface area contributed by atoms with Crippen molar-refractivity contribution in [3.05, 3.63) is 47.3 Å². The average Bonchev–Trinajstić information content (AvgIpc) is 2.88. The minimum absolute atomic E-state index is 0.0499. The highest BCUT2D eigenvalue weighted by molar-refractivity contribution is 5.87. The number of rotatable bonds is 5. The maximum atomic E-state index is 12.0. The van der Waals surface area contributed by atoms with Crippen LogP contribution >= 0.6 is 0 Å². The SMILES string of the molecule is CCOC(=O)c1cc(Cc2ccc(OC(F)(F)F)cc2)on1. The second-order valence-electron chi connectivity index (χ2n) is 4.27. The number of hydrogen-bond donors (Lipinski definition) is 0. The molecule has 1 aromatic carbocycles. The number of carbonyl (C=O) groups excluding carboxylic acids is 1. The molecule has 0 unspecified atom stereocenters. The van der Waals surface area contributed by atoms with Gasteiger partial charge in [-0.05, 0) is 24.6 Å². The van der Waals surface area contributed by atoms with Crippen molar-refractivity contribution in [2.24, 2.45) is 0 Å². The van der Waals surface area contributed by atoms with Gasteiger partial charge in [-0.3, -0.25) is 0 Å². The van der Waals surface area contributed by atoms with Crippen LogP contribution in [0, 0.1) is 0 Å². The van der Waals surface area contributed by atoms with Gasteiger partial charge in [-0.1, -0.05) is 17.3 Å². The van der Waals surface area contributed by atoms with Crippen molar-refractivity contribution in [1.82, 2.24) is 5.16 Å². The van der Waals surface area contributed by atoms with Gasteiger partial charge in [0.25, 0.3) is 0 Å². The van der Waals surface area contributed by atoms with Crippen molar-refractivity contribution in [3.8, 4) is 5.75 Å². The quantitative estimate of drug-likeness (QED) is 0.792. The van der Waals surface area contributed by atoms with Gasteiger partial charge in [0.1, 0.15) is 11.5 Å². The van der Waals surface area contributed by atoms with E-state index in [4.69, 9.17) is 9.26 Å². The largest absolute Gasteiger partial charge is 0.573 e. The molecule has 1 aromatic heterocycles. The van der Waals surface area contributed by atoms with Gasteiger partial charge < -0.3 is 14.0 Å². The third-order valence-corrected chi connectivity index (χ3v) is 2.58. The molecule has 8 heteroatoms. The lowest BCUT2D eigenvalue weighted by molar-refractivity contribution is -0.274. The summed E-state index contributed by atoms with van der Waals surface area (Å²) in [6.07, 6.45) is -4.44. The normalized spacial score (nSPS) is 11.3. The highest BCUT2D eigenvalue weighted by atomic mass is 19.4. The predicted molar refractivity (Wildman–Crippen MR) is 68.4 cm³/mol. The maximum absolute atomic E-state index is 12.0. The van der Waals surface area contributed by atoms with E-state index in [1.54, 1.807) is 6.92 Å². The van der Waals surface area contributed by atoms with Crippen molar-refractivity contribution < 1.29 is 32.0 Å². The first-order valence-electron chi connectivity index (χ1n) is 6.35. The fourth-order valence-corrected chi connectivity index (χ4v) is 1.71. The zero-order valence-corrected chi connectivity index (χ0v) is 11.5. The summed E-state index contributed by atoms with van der Waals surface area (Å²) in [6, 6.07) is 6.76. The Morgan fingerprint density at radius 2 is 1.95 bits per heavy atom. The van der Waals surface area contributed by atoms with E-state index in [0.29, 0.717) is 11.3 Å². The van der Waals surface area contributed by atoms with E-state index in [9.17, 15) is 18.0 Å². The monoisotopic (exact) mass is 315 g/mol. The summed E-state index contributed by atoms with van der Waals surface area (Å²) in [7, 11) is 0. The number of ether oxygens (including phenoxy) is 2. The fourth-order valence-electron chi connectivity index (χ4n) is 1.71.